The summed E-state index contributed by atoms with van der Waals surface area (Å²) in [4.78, 5) is 4.59. The maximum Gasteiger partial charge on any atom is 0.111 e. The highest BCUT2D eigenvalue weighted by atomic mass is 35.5. The van der Waals surface area contributed by atoms with Crippen LogP contribution in [0.4, 0.5) is 0 Å². The Morgan fingerprint density at radius 1 is 1.50 bits per heavy atom. The standard InChI is InChI=1S/C15H18ClN3O/c1-3-20-11(2)10-19-13-6-4-5-12(9-17)15(13)18-14(19)7-8-16/h4-6,11H,3,7-8,10H2,1-2H3. The topological polar surface area (TPSA) is 50.8 Å². The molecule has 0 bridgehead atoms. The smallest absolute Gasteiger partial charge is 0.111 e. The fourth-order valence-corrected chi connectivity index (χ4v) is 2.53. The summed E-state index contributed by atoms with van der Waals surface area (Å²) in [7, 11) is 0. The van der Waals surface area contributed by atoms with E-state index in [-0.39, 0.29) is 6.10 Å². The molecule has 0 amide bonds. The van der Waals surface area contributed by atoms with Gasteiger partial charge in [0, 0.05) is 18.9 Å². The van der Waals surface area contributed by atoms with E-state index in [9.17, 15) is 5.26 Å². The predicted octanol–water partition coefficient (Wildman–Crippen LogP) is 3.11. The number of benzene rings is 1. The normalized spacial score (nSPS) is 12.5. The Morgan fingerprint density at radius 3 is 2.95 bits per heavy atom. The molecule has 0 N–H and O–H groups in total. The summed E-state index contributed by atoms with van der Waals surface area (Å²) in [5, 5.41) is 9.18. The summed E-state index contributed by atoms with van der Waals surface area (Å²) in [5.74, 6) is 1.41. The third-order valence-electron chi connectivity index (χ3n) is 3.19. The van der Waals surface area contributed by atoms with E-state index in [0.717, 1.165) is 16.9 Å². The van der Waals surface area contributed by atoms with Gasteiger partial charge in [0.05, 0.1) is 23.7 Å². The molecule has 1 aromatic heterocycles. The van der Waals surface area contributed by atoms with Crippen molar-refractivity contribution in [2.75, 3.05) is 12.5 Å². The zero-order chi connectivity index (χ0) is 14.5. The number of rotatable bonds is 6. The van der Waals surface area contributed by atoms with Crippen molar-refractivity contribution in [3.63, 3.8) is 0 Å². The summed E-state index contributed by atoms with van der Waals surface area (Å²) < 4.78 is 7.72. The van der Waals surface area contributed by atoms with Crippen molar-refractivity contribution in [2.24, 2.45) is 0 Å². The molecule has 1 atom stereocenters. The molecule has 1 heterocycles. The lowest BCUT2D eigenvalue weighted by atomic mass is 10.2. The van der Waals surface area contributed by atoms with Gasteiger partial charge in [-0.2, -0.15) is 5.26 Å². The Bertz CT molecular complexity index is 630. The number of imidazole rings is 1. The Labute approximate surface area is 123 Å². The number of ether oxygens (including phenoxy) is 1. The van der Waals surface area contributed by atoms with Crippen LogP contribution in [-0.2, 0) is 17.7 Å². The molecule has 0 fully saturated rings. The van der Waals surface area contributed by atoms with Gasteiger partial charge in [0.15, 0.2) is 0 Å². The van der Waals surface area contributed by atoms with Gasteiger partial charge < -0.3 is 9.30 Å². The number of alkyl halides is 1. The fraction of sp³-hybridized carbons (Fsp3) is 0.467. The average Bonchev–Trinajstić information content (AvgIpc) is 2.77. The van der Waals surface area contributed by atoms with Crippen molar-refractivity contribution < 1.29 is 4.74 Å². The number of fused-ring (bicyclic) bond motifs is 1. The van der Waals surface area contributed by atoms with Crippen LogP contribution in [0.2, 0.25) is 0 Å². The first-order valence-corrected chi connectivity index (χ1v) is 7.30. The van der Waals surface area contributed by atoms with E-state index in [2.05, 4.69) is 15.6 Å². The van der Waals surface area contributed by atoms with E-state index in [1.54, 1.807) is 6.07 Å². The molecule has 4 nitrogen and oxygen atoms in total. The van der Waals surface area contributed by atoms with Gasteiger partial charge in [0.1, 0.15) is 17.4 Å². The molecule has 5 heteroatoms. The highest BCUT2D eigenvalue weighted by Crippen LogP contribution is 2.21. The summed E-state index contributed by atoms with van der Waals surface area (Å²) in [6, 6.07) is 7.85. The van der Waals surface area contributed by atoms with Crippen LogP contribution in [0.3, 0.4) is 0 Å². The molecule has 1 unspecified atom stereocenters. The number of hydrogen-bond acceptors (Lipinski definition) is 3. The number of aromatic nitrogens is 2. The van der Waals surface area contributed by atoms with Crippen molar-refractivity contribution in [3.8, 4) is 6.07 Å². The third kappa shape index (κ3) is 2.95. The van der Waals surface area contributed by atoms with Gasteiger partial charge in [-0.1, -0.05) is 6.07 Å². The van der Waals surface area contributed by atoms with E-state index in [4.69, 9.17) is 16.3 Å². The fourth-order valence-electron chi connectivity index (χ4n) is 2.36. The number of hydrogen-bond donors (Lipinski definition) is 0. The van der Waals surface area contributed by atoms with Crippen molar-refractivity contribution in [1.29, 1.82) is 5.26 Å². The second-order valence-corrected chi connectivity index (χ2v) is 5.01. The number of halogens is 1. The number of nitriles is 1. The SMILES string of the molecule is CCOC(C)Cn1c(CCCl)nc2c(C#N)cccc21. The molecule has 0 aliphatic carbocycles. The van der Waals surface area contributed by atoms with E-state index in [1.165, 1.54) is 0 Å². The van der Waals surface area contributed by atoms with Crippen molar-refractivity contribution in [2.45, 2.75) is 32.9 Å². The lowest BCUT2D eigenvalue weighted by molar-refractivity contribution is 0.0643. The minimum absolute atomic E-state index is 0.0946. The van der Waals surface area contributed by atoms with Crippen LogP contribution in [-0.4, -0.2) is 28.1 Å². The van der Waals surface area contributed by atoms with E-state index < -0.39 is 0 Å². The minimum atomic E-state index is 0.0946. The molecular formula is C15H18ClN3O. The van der Waals surface area contributed by atoms with Gasteiger partial charge in [-0.05, 0) is 26.0 Å². The van der Waals surface area contributed by atoms with Crippen molar-refractivity contribution in [3.05, 3.63) is 29.6 Å². The maximum absolute atomic E-state index is 9.18. The number of nitrogens with zero attached hydrogens (tertiary/aromatic N) is 3. The number of aryl methyl sites for hydroxylation is 1. The zero-order valence-corrected chi connectivity index (χ0v) is 12.5. The molecule has 0 aliphatic heterocycles. The summed E-state index contributed by atoms with van der Waals surface area (Å²) in [6.07, 6.45) is 0.775. The molecule has 20 heavy (non-hydrogen) atoms. The first-order valence-electron chi connectivity index (χ1n) is 6.77. The quantitative estimate of drug-likeness (QED) is 0.768. The molecule has 1 aromatic carbocycles. The number of para-hydroxylation sites is 1. The van der Waals surface area contributed by atoms with Crippen molar-refractivity contribution >= 4 is 22.6 Å². The molecule has 2 rings (SSSR count). The second-order valence-electron chi connectivity index (χ2n) is 4.63. The first kappa shape index (κ1) is 14.8. The minimum Gasteiger partial charge on any atom is -0.377 e. The molecule has 0 aliphatic rings. The van der Waals surface area contributed by atoms with Gasteiger partial charge in [0.2, 0.25) is 0 Å². The molecule has 106 valence electrons. The molecular weight excluding hydrogens is 274 g/mol. The van der Waals surface area contributed by atoms with Gasteiger partial charge in [0.25, 0.3) is 0 Å². The Morgan fingerprint density at radius 2 is 2.30 bits per heavy atom. The van der Waals surface area contributed by atoms with Crippen LogP contribution >= 0.6 is 11.6 Å². The first-order chi connectivity index (χ1) is 9.71. The lowest BCUT2D eigenvalue weighted by Crippen LogP contribution is -2.18. The largest absolute Gasteiger partial charge is 0.377 e. The van der Waals surface area contributed by atoms with Crippen LogP contribution < -0.4 is 0 Å². The van der Waals surface area contributed by atoms with Crippen LogP contribution in [0.5, 0.6) is 0 Å². The Hall–Kier alpha value is -1.57. The highest BCUT2D eigenvalue weighted by Gasteiger charge is 2.15. The van der Waals surface area contributed by atoms with E-state index in [0.29, 0.717) is 31.0 Å². The average molecular weight is 292 g/mol. The van der Waals surface area contributed by atoms with E-state index in [1.807, 2.05) is 26.0 Å². The molecule has 0 saturated carbocycles. The highest BCUT2D eigenvalue weighted by molar-refractivity contribution is 6.17. The van der Waals surface area contributed by atoms with Gasteiger partial charge >= 0.3 is 0 Å². The van der Waals surface area contributed by atoms with Crippen LogP contribution in [0.15, 0.2) is 18.2 Å². The summed E-state index contributed by atoms with van der Waals surface area (Å²) in [5.41, 5.74) is 2.32. The molecule has 2 aromatic rings. The van der Waals surface area contributed by atoms with Crippen LogP contribution in [0, 0.1) is 11.3 Å². The van der Waals surface area contributed by atoms with Gasteiger partial charge in [-0.25, -0.2) is 4.98 Å². The third-order valence-corrected chi connectivity index (χ3v) is 3.38. The predicted molar refractivity (Wildman–Crippen MR) is 80.0 cm³/mol. The maximum atomic E-state index is 9.18. The summed E-state index contributed by atoms with van der Waals surface area (Å²) in [6.45, 7) is 5.41. The van der Waals surface area contributed by atoms with E-state index >= 15 is 0 Å². The van der Waals surface area contributed by atoms with Crippen LogP contribution in [0.25, 0.3) is 11.0 Å². The van der Waals surface area contributed by atoms with Gasteiger partial charge in [-0.15, -0.1) is 11.6 Å². The Balaban J connectivity index is 2.49. The molecule has 0 spiro atoms. The zero-order valence-electron chi connectivity index (χ0n) is 11.8. The van der Waals surface area contributed by atoms with Crippen LogP contribution in [0.1, 0.15) is 25.2 Å². The second kappa shape index (κ2) is 6.74. The summed E-state index contributed by atoms with van der Waals surface area (Å²) >= 11 is 5.86. The monoisotopic (exact) mass is 291 g/mol. The Kier molecular flexibility index (Phi) is 4.99. The molecule has 0 saturated heterocycles. The molecule has 0 radical (unpaired) electrons. The van der Waals surface area contributed by atoms with Gasteiger partial charge in [-0.3, -0.25) is 0 Å². The van der Waals surface area contributed by atoms with Crippen molar-refractivity contribution in [1.82, 2.24) is 9.55 Å². The lowest BCUT2D eigenvalue weighted by Gasteiger charge is -2.15.